The molecule has 2 aromatic rings. The SMILES string of the molecule is O=C(O)Cc1ccc(NC(=O)c2ocnc2C2CC2)cc1. The van der Waals surface area contributed by atoms with E-state index in [1.165, 1.54) is 6.39 Å². The summed E-state index contributed by atoms with van der Waals surface area (Å²) in [6, 6.07) is 6.69. The molecule has 1 aliphatic carbocycles. The molecule has 6 nitrogen and oxygen atoms in total. The van der Waals surface area contributed by atoms with Gasteiger partial charge < -0.3 is 14.8 Å². The van der Waals surface area contributed by atoms with Crippen molar-refractivity contribution < 1.29 is 19.1 Å². The molecular weight excluding hydrogens is 272 g/mol. The van der Waals surface area contributed by atoms with E-state index in [9.17, 15) is 9.59 Å². The Kier molecular flexibility index (Phi) is 3.43. The molecule has 0 bridgehead atoms. The van der Waals surface area contributed by atoms with Crippen LogP contribution in [0.4, 0.5) is 5.69 Å². The Hall–Kier alpha value is -2.63. The van der Waals surface area contributed by atoms with Gasteiger partial charge in [-0.25, -0.2) is 4.98 Å². The zero-order valence-electron chi connectivity index (χ0n) is 11.2. The number of aliphatic carboxylic acids is 1. The molecule has 0 spiro atoms. The van der Waals surface area contributed by atoms with Gasteiger partial charge in [0.2, 0.25) is 5.76 Å². The Bertz CT molecular complexity index is 671. The van der Waals surface area contributed by atoms with Crippen molar-refractivity contribution in [1.82, 2.24) is 4.98 Å². The smallest absolute Gasteiger partial charge is 0.307 e. The Balaban J connectivity index is 1.69. The Morgan fingerprint density at radius 1 is 1.29 bits per heavy atom. The summed E-state index contributed by atoms with van der Waals surface area (Å²) in [5.74, 6) is -0.627. The van der Waals surface area contributed by atoms with Gasteiger partial charge in [0.1, 0.15) is 0 Å². The van der Waals surface area contributed by atoms with E-state index in [1.54, 1.807) is 24.3 Å². The molecule has 0 aliphatic heterocycles. The standard InChI is InChI=1S/C15H14N2O4/c18-12(19)7-9-1-5-11(6-2-9)17-15(20)14-13(10-3-4-10)16-8-21-14/h1-2,5-6,8,10H,3-4,7H2,(H,17,20)(H,18,19). The molecule has 0 radical (unpaired) electrons. The Morgan fingerprint density at radius 3 is 2.62 bits per heavy atom. The lowest BCUT2D eigenvalue weighted by Crippen LogP contribution is -2.13. The lowest BCUT2D eigenvalue weighted by atomic mass is 10.1. The molecular formula is C15H14N2O4. The highest BCUT2D eigenvalue weighted by atomic mass is 16.4. The molecule has 0 unspecified atom stereocenters. The molecule has 1 heterocycles. The molecule has 0 atom stereocenters. The fourth-order valence-electron chi connectivity index (χ4n) is 2.14. The molecule has 1 amide bonds. The van der Waals surface area contributed by atoms with Gasteiger partial charge in [0.15, 0.2) is 6.39 Å². The quantitative estimate of drug-likeness (QED) is 0.880. The van der Waals surface area contributed by atoms with Crippen LogP contribution >= 0.6 is 0 Å². The maximum Gasteiger partial charge on any atom is 0.307 e. The first-order valence-electron chi connectivity index (χ1n) is 6.69. The van der Waals surface area contributed by atoms with Crippen molar-refractivity contribution in [3.8, 4) is 0 Å². The van der Waals surface area contributed by atoms with Crippen molar-refractivity contribution in [3.05, 3.63) is 47.7 Å². The topological polar surface area (TPSA) is 92.4 Å². The molecule has 6 heteroatoms. The number of benzene rings is 1. The van der Waals surface area contributed by atoms with E-state index in [0.29, 0.717) is 17.2 Å². The number of amides is 1. The van der Waals surface area contributed by atoms with Crippen LogP contribution in [0.1, 0.15) is 40.6 Å². The normalized spacial score (nSPS) is 13.9. The molecule has 1 aliphatic rings. The van der Waals surface area contributed by atoms with Crippen LogP contribution in [0, 0.1) is 0 Å². The first-order valence-corrected chi connectivity index (χ1v) is 6.69. The maximum atomic E-state index is 12.2. The predicted molar refractivity (Wildman–Crippen MR) is 74.2 cm³/mol. The average Bonchev–Trinajstić information content (AvgIpc) is 3.17. The lowest BCUT2D eigenvalue weighted by Gasteiger charge is -2.05. The van der Waals surface area contributed by atoms with Gasteiger partial charge in [0.05, 0.1) is 12.1 Å². The number of carboxylic acids is 1. The van der Waals surface area contributed by atoms with Crippen LogP contribution < -0.4 is 5.32 Å². The van der Waals surface area contributed by atoms with Crippen molar-refractivity contribution in [1.29, 1.82) is 0 Å². The number of oxazole rings is 1. The molecule has 1 aromatic heterocycles. The summed E-state index contributed by atoms with van der Waals surface area (Å²) in [6.07, 6.45) is 3.33. The summed E-state index contributed by atoms with van der Waals surface area (Å²) in [6.45, 7) is 0. The largest absolute Gasteiger partial charge is 0.481 e. The van der Waals surface area contributed by atoms with Gasteiger partial charge in [-0.15, -0.1) is 0 Å². The van der Waals surface area contributed by atoms with E-state index in [2.05, 4.69) is 10.3 Å². The van der Waals surface area contributed by atoms with Gasteiger partial charge in [0.25, 0.3) is 5.91 Å². The second-order valence-corrected chi connectivity index (χ2v) is 5.06. The van der Waals surface area contributed by atoms with Gasteiger partial charge >= 0.3 is 5.97 Å². The maximum absolute atomic E-state index is 12.2. The summed E-state index contributed by atoms with van der Waals surface area (Å²) < 4.78 is 5.18. The van der Waals surface area contributed by atoms with Crippen molar-refractivity contribution in [2.45, 2.75) is 25.2 Å². The number of carbonyl (C=O) groups excluding carboxylic acids is 1. The fourth-order valence-corrected chi connectivity index (χ4v) is 2.14. The zero-order chi connectivity index (χ0) is 14.8. The van der Waals surface area contributed by atoms with E-state index in [-0.39, 0.29) is 18.1 Å². The van der Waals surface area contributed by atoms with Crippen LogP contribution in [-0.4, -0.2) is 22.0 Å². The summed E-state index contributed by atoms with van der Waals surface area (Å²) in [7, 11) is 0. The summed E-state index contributed by atoms with van der Waals surface area (Å²) in [5.41, 5.74) is 1.99. The van der Waals surface area contributed by atoms with E-state index in [4.69, 9.17) is 9.52 Å². The van der Waals surface area contributed by atoms with E-state index >= 15 is 0 Å². The molecule has 108 valence electrons. The van der Waals surface area contributed by atoms with Gasteiger partial charge in [-0.1, -0.05) is 12.1 Å². The summed E-state index contributed by atoms with van der Waals surface area (Å²) >= 11 is 0. The highest BCUT2D eigenvalue weighted by Gasteiger charge is 2.32. The van der Waals surface area contributed by atoms with Gasteiger partial charge in [0, 0.05) is 11.6 Å². The van der Waals surface area contributed by atoms with Gasteiger partial charge in [-0.2, -0.15) is 0 Å². The third kappa shape index (κ3) is 3.10. The number of carboxylic acid groups (broad SMARTS) is 1. The second-order valence-electron chi connectivity index (χ2n) is 5.06. The van der Waals surface area contributed by atoms with Gasteiger partial charge in [-0.3, -0.25) is 9.59 Å². The van der Waals surface area contributed by atoms with E-state index in [0.717, 1.165) is 18.5 Å². The van der Waals surface area contributed by atoms with Crippen LogP contribution in [0.5, 0.6) is 0 Å². The van der Waals surface area contributed by atoms with Crippen LogP contribution in [0.2, 0.25) is 0 Å². The minimum Gasteiger partial charge on any atom is -0.481 e. The summed E-state index contributed by atoms with van der Waals surface area (Å²) in [5, 5.41) is 11.4. The first kappa shape index (κ1) is 13.4. The number of hydrogen-bond donors (Lipinski definition) is 2. The second kappa shape index (κ2) is 5.40. The third-order valence-electron chi connectivity index (χ3n) is 3.33. The minimum atomic E-state index is -0.887. The molecule has 1 fully saturated rings. The number of aromatic nitrogens is 1. The van der Waals surface area contributed by atoms with Crippen LogP contribution in [0.15, 0.2) is 35.1 Å². The monoisotopic (exact) mass is 286 g/mol. The molecule has 0 saturated heterocycles. The number of rotatable bonds is 5. The van der Waals surface area contributed by atoms with E-state index < -0.39 is 5.97 Å². The molecule has 1 saturated carbocycles. The Morgan fingerprint density at radius 2 is 2.00 bits per heavy atom. The highest BCUT2D eigenvalue weighted by molar-refractivity contribution is 6.03. The number of hydrogen-bond acceptors (Lipinski definition) is 4. The van der Waals surface area contributed by atoms with Crippen LogP contribution in [0.25, 0.3) is 0 Å². The average molecular weight is 286 g/mol. The number of nitrogens with zero attached hydrogens (tertiary/aromatic N) is 1. The molecule has 3 rings (SSSR count). The molecule has 2 N–H and O–H groups in total. The van der Waals surface area contributed by atoms with Crippen molar-refractivity contribution >= 4 is 17.6 Å². The lowest BCUT2D eigenvalue weighted by molar-refractivity contribution is -0.136. The summed E-state index contributed by atoms with van der Waals surface area (Å²) in [4.78, 5) is 26.9. The van der Waals surface area contributed by atoms with Crippen LogP contribution in [-0.2, 0) is 11.2 Å². The number of carbonyl (C=O) groups is 2. The third-order valence-corrected chi connectivity index (χ3v) is 3.33. The predicted octanol–water partition coefficient (Wildman–Crippen LogP) is 2.43. The van der Waals surface area contributed by atoms with E-state index in [1.807, 2.05) is 0 Å². The van der Waals surface area contributed by atoms with Crippen molar-refractivity contribution in [2.75, 3.05) is 5.32 Å². The molecule has 21 heavy (non-hydrogen) atoms. The van der Waals surface area contributed by atoms with Crippen molar-refractivity contribution in [3.63, 3.8) is 0 Å². The van der Waals surface area contributed by atoms with Crippen molar-refractivity contribution in [2.24, 2.45) is 0 Å². The van der Waals surface area contributed by atoms with Gasteiger partial charge in [-0.05, 0) is 30.5 Å². The number of nitrogens with one attached hydrogen (secondary N) is 1. The molecule has 1 aromatic carbocycles. The Labute approximate surface area is 120 Å². The number of anilines is 1. The highest BCUT2D eigenvalue weighted by Crippen LogP contribution is 2.40. The zero-order valence-corrected chi connectivity index (χ0v) is 11.2. The van der Waals surface area contributed by atoms with Crippen LogP contribution in [0.3, 0.4) is 0 Å². The first-order chi connectivity index (χ1) is 10.1. The fraction of sp³-hybridized carbons (Fsp3) is 0.267. The minimum absolute atomic E-state index is 0.0395.